The summed E-state index contributed by atoms with van der Waals surface area (Å²) in [5.41, 5.74) is 0.701. The van der Waals surface area contributed by atoms with Crippen molar-refractivity contribution in [1.29, 1.82) is 5.26 Å². The molecule has 0 aliphatic carbocycles. The van der Waals surface area contributed by atoms with E-state index in [0.717, 1.165) is 37.8 Å². The summed E-state index contributed by atoms with van der Waals surface area (Å²) in [6.45, 7) is 6.28. The van der Waals surface area contributed by atoms with Crippen LogP contribution in [0.4, 0.5) is 11.4 Å². The molecule has 21 heavy (non-hydrogen) atoms. The molecule has 6 nitrogen and oxygen atoms in total. The lowest BCUT2D eigenvalue weighted by Gasteiger charge is -2.30. The Labute approximate surface area is 124 Å². The summed E-state index contributed by atoms with van der Waals surface area (Å²) in [7, 11) is 0. The Balaban J connectivity index is 1.86. The fourth-order valence-electron chi connectivity index (χ4n) is 2.54. The molecule has 1 aromatic carbocycles. The molecule has 1 aliphatic rings. The van der Waals surface area contributed by atoms with Crippen LogP contribution in [0.5, 0.6) is 0 Å². The maximum Gasteiger partial charge on any atom is 0.287 e. The van der Waals surface area contributed by atoms with Crippen LogP contribution < -0.4 is 5.32 Å². The third-order valence-electron chi connectivity index (χ3n) is 3.95. The van der Waals surface area contributed by atoms with Gasteiger partial charge in [-0.2, -0.15) is 5.26 Å². The number of hydrogen-bond acceptors (Lipinski definition) is 5. The quantitative estimate of drug-likeness (QED) is 0.665. The van der Waals surface area contributed by atoms with Crippen molar-refractivity contribution in [1.82, 2.24) is 4.90 Å². The first kappa shape index (κ1) is 15.3. The van der Waals surface area contributed by atoms with Crippen molar-refractivity contribution >= 4 is 11.4 Å². The molecule has 0 saturated carbocycles. The minimum atomic E-state index is -0.531. The average Bonchev–Trinajstić information content (AvgIpc) is 2.49. The molecule has 1 N–H and O–H groups in total. The summed E-state index contributed by atoms with van der Waals surface area (Å²) in [5.74, 6) is 0.821. The lowest BCUT2D eigenvalue weighted by molar-refractivity contribution is -0.385. The van der Waals surface area contributed by atoms with Gasteiger partial charge in [0.1, 0.15) is 11.6 Å². The van der Waals surface area contributed by atoms with Crippen LogP contribution in [-0.2, 0) is 0 Å². The van der Waals surface area contributed by atoms with Crippen molar-refractivity contribution < 1.29 is 4.92 Å². The zero-order valence-electron chi connectivity index (χ0n) is 12.2. The van der Waals surface area contributed by atoms with E-state index in [0.29, 0.717) is 0 Å². The number of rotatable bonds is 5. The van der Waals surface area contributed by atoms with Gasteiger partial charge < -0.3 is 10.2 Å². The molecule has 0 radical (unpaired) electrons. The van der Waals surface area contributed by atoms with E-state index in [9.17, 15) is 10.1 Å². The normalized spacial score (nSPS) is 16.4. The number of nitriles is 1. The summed E-state index contributed by atoms with van der Waals surface area (Å²) in [4.78, 5) is 12.7. The number of piperidine rings is 1. The molecule has 0 amide bonds. The zero-order chi connectivity index (χ0) is 15.2. The maximum atomic E-state index is 10.8. The third kappa shape index (κ3) is 4.17. The molecule has 0 spiro atoms. The van der Waals surface area contributed by atoms with E-state index < -0.39 is 4.92 Å². The van der Waals surface area contributed by atoms with Crippen LogP contribution in [0.1, 0.15) is 25.3 Å². The number of anilines is 1. The summed E-state index contributed by atoms with van der Waals surface area (Å²) in [6, 6.07) is 6.44. The highest BCUT2D eigenvalue weighted by Gasteiger charge is 2.16. The van der Waals surface area contributed by atoms with Gasteiger partial charge in [0.25, 0.3) is 5.69 Å². The Kier molecular flexibility index (Phi) is 5.12. The zero-order valence-corrected chi connectivity index (χ0v) is 12.2. The number of nitro benzene ring substituents is 1. The van der Waals surface area contributed by atoms with Crippen LogP contribution in [0.3, 0.4) is 0 Å². The SMILES string of the molecule is CC1CCN(CCNc2ccc([N+](=O)[O-])c(C#N)c2)CC1. The first-order valence-corrected chi connectivity index (χ1v) is 7.25. The predicted molar refractivity (Wildman–Crippen MR) is 81.1 cm³/mol. The molecule has 2 rings (SSSR count). The highest BCUT2D eigenvalue weighted by molar-refractivity contribution is 5.58. The smallest absolute Gasteiger partial charge is 0.287 e. The fourth-order valence-corrected chi connectivity index (χ4v) is 2.54. The van der Waals surface area contributed by atoms with Crippen molar-refractivity contribution in [2.24, 2.45) is 5.92 Å². The Morgan fingerprint density at radius 1 is 1.48 bits per heavy atom. The van der Waals surface area contributed by atoms with Gasteiger partial charge in [-0.15, -0.1) is 0 Å². The van der Waals surface area contributed by atoms with E-state index in [1.165, 1.54) is 25.0 Å². The number of nitrogens with one attached hydrogen (secondary N) is 1. The summed E-state index contributed by atoms with van der Waals surface area (Å²) in [6.07, 6.45) is 2.49. The number of benzene rings is 1. The Bertz CT molecular complexity index is 545. The number of hydrogen-bond donors (Lipinski definition) is 1. The van der Waals surface area contributed by atoms with Crippen LogP contribution in [0.15, 0.2) is 18.2 Å². The highest BCUT2D eigenvalue weighted by Crippen LogP contribution is 2.21. The topological polar surface area (TPSA) is 82.2 Å². The molecule has 112 valence electrons. The third-order valence-corrected chi connectivity index (χ3v) is 3.95. The lowest BCUT2D eigenvalue weighted by atomic mass is 9.99. The Morgan fingerprint density at radius 2 is 2.19 bits per heavy atom. The molecule has 0 aromatic heterocycles. The summed E-state index contributed by atoms with van der Waals surface area (Å²) in [5, 5.41) is 23.0. The Hall–Kier alpha value is -2.13. The van der Waals surface area contributed by atoms with Gasteiger partial charge in [-0.25, -0.2) is 0 Å². The van der Waals surface area contributed by atoms with Crippen molar-refractivity contribution in [3.63, 3.8) is 0 Å². The van der Waals surface area contributed by atoms with Gasteiger partial charge in [-0.1, -0.05) is 6.92 Å². The highest BCUT2D eigenvalue weighted by atomic mass is 16.6. The first-order valence-electron chi connectivity index (χ1n) is 7.25. The van der Waals surface area contributed by atoms with Gasteiger partial charge in [0, 0.05) is 24.8 Å². The van der Waals surface area contributed by atoms with E-state index in [-0.39, 0.29) is 11.3 Å². The molecule has 1 saturated heterocycles. The second-order valence-corrected chi connectivity index (χ2v) is 5.55. The fraction of sp³-hybridized carbons (Fsp3) is 0.533. The molecule has 1 fully saturated rings. The predicted octanol–water partition coefficient (Wildman–Crippen LogP) is 2.61. The van der Waals surface area contributed by atoms with Gasteiger partial charge in [-0.05, 0) is 44.0 Å². The van der Waals surface area contributed by atoms with Crippen LogP contribution in [0, 0.1) is 27.4 Å². The largest absolute Gasteiger partial charge is 0.384 e. The standard InChI is InChI=1S/C15H20N4O2/c1-12-4-7-18(8-5-12)9-6-17-14-2-3-15(19(20)21)13(10-14)11-16/h2-3,10,12,17H,4-9H2,1H3. The molecule has 1 heterocycles. The average molecular weight is 288 g/mol. The van der Waals surface area contributed by atoms with Crippen LogP contribution >= 0.6 is 0 Å². The van der Waals surface area contributed by atoms with Gasteiger partial charge in [0.15, 0.2) is 0 Å². The van der Waals surface area contributed by atoms with Gasteiger partial charge >= 0.3 is 0 Å². The minimum Gasteiger partial charge on any atom is -0.384 e. The second-order valence-electron chi connectivity index (χ2n) is 5.55. The van der Waals surface area contributed by atoms with E-state index >= 15 is 0 Å². The van der Waals surface area contributed by atoms with E-state index in [1.54, 1.807) is 6.07 Å². The van der Waals surface area contributed by atoms with Crippen LogP contribution in [0.25, 0.3) is 0 Å². The molecular formula is C15H20N4O2. The van der Waals surface area contributed by atoms with Crippen LogP contribution in [0.2, 0.25) is 0 Å². The first-order chi connectivity index (χ1) is 10.1. The van der Waals surface area contributed by atoms with E-state index in [1.807, 2.05) is 6.07 Å². The van der Waals surface area contributed by atoms with Gasteiger partial charge in [-0.3, -0.25) is 10.1 Å². The van der Waals surface area contributed by atoms with Crippen molar-refractivity contribution in [2.75, 3.05) is 31.5 Å². The summed E-state index contributed by atoms with van der Waals surface area (Å²) < 4.78 is 0. The molecule has 1 aromatic rings. The molecule has 0 atom stereocenters. The minimum absolute atomic E-state index is 0.0943. The van der Waals surface area contributed by atoms with Crippen molar-refractivity contribution in [3.8, 4) is 6.07 Å². The number of nitro groups is 1. The molecule has 6 heteroatoms. The van der Waals surface area contributed by atoms with Crippen LogP contribution in [-0.4, -0.2) is 36.0 Å². The van der Waals surface area contributed by atoms with Gasteiger partial charge in [0.2, 0.25) is 0 Å². The van der Waals surface area contributed by atoms with E-state index in [2.05, 4.69) is 17.1 Å². The molecule has 0 unspecified atom stereocenters. The lowest BCUT2D eigenvalue weighted by Crippen LogP contribution is -2.36. The monoisotopic (exact) mass is 288 g/mol. The van der Waals surface area contributed by atoms with E-state index in [4.69, 9.17) is 5.26 Å². The number of nitrogens with zero attached hydrogens (tertiary/aromatic N) is 3. The maximum absolute atomic E-state index is 10.8. The Morgan fingerprint density at radius 3 is 2.81 bits per heavy atom. The number of likely N-dealkylation sites (tertiary alicyclic amines) is 1. The van der Waals surface area contributed by atoms with Crippen molar-refractivity contribution in [2.45, 2.75) is 19.8 Å². The summed E-state index contributed by atoms with van der Waals surface area (Å²) >= 11 is 0. The second kappa shape index (κ2) is 7.04. The molecule has 1 aliphatic heterocycles. The molecular weight excluding hydrogens is 268 g/mol. The van der Waals surface area contributed by atoms with Gasteiger partial charge in [0.05, 0.1) is 4.92 Å². The van der Waals surface area contributed by atoms with Crippen molar-refractivity contribution in [3.05, 3.63) is 33.9 Å². The molecule has 0 bridgehead atoms.